The number of ether oxygens (including phenoxy) is 3. The third kappa shape index (κ3) is 6.02. The van der Waals surface area contributed by atoms with Crippen molar-refractivity contribution < 1.29 is 23.4 Å². The molecule has 0 bridgehead atoms. The highest BCUT2D eigenvalue weighted by molar-refractivity contribution is 9.10. The third-order valence-corrected chi connectivity index (χ3v) is 5.60. The van der Waals surface area contributed by atoms with Crippen LogP contribution in [0.25, 0.3) is 5.65 Å². The number of morpholine rings is 1. The fourth-order valence-corrected chi connectivity index (χ4v) is 3.83. The average molecular weight is 536 g/mol. The molecule has 1 saturated heterocycles. The van der Waals surface area contributed by atoms with Gasteiger partial charge >= 0.3 is 6.09 Å². The molecule has 0 spiro atoms. The monoisotopic (exact) mass is 535 g/mol. The van der Waals surface area contributed by atoms with E-state index in [4.69, 9.17) is 14.2 Å². The standard InChI is InChI=1S/C23H27BrFN5O4/c1-23(2,3)34-22(31)29(8-7-28-9-11-32-12-10-28)20-14-19(27-21-18(24)15-26-30(20)21)33-17-6-4-5-16(25)13-17/h4-6,13-15H,7-12H2,1-3H3. The molecule has 2 aromatic heterocycles. The Morgan fingerprint density at radius 3 is 2.74 bits per heavy atom. The molecular formula is C23H27BrFN5O4. The molecule has 9 nitrogen and oxygen atoms in total. The van der Waals surface area contributed by atoms with E-state index in [0.717, 1.165) is 13.1 Å². The van der Waals surface area contributed by atoms with Gasteiger partial charge in [0, 0.05) is 38.3 Å². The van der Waals surface area contributed by atoms with Gasteiger partial charge < -0.3 is 14.2 Å². The van der Waals surface area contributed by atoms with Crippen molar-refractivity contribution in [2.24, 2.45) is 0 Å². The lowest BCUT2D eigenvalue weighted by Crippen LogP contribution is -2.45. The summed E-state index contributed by atoms with van der Waals surface area (Å²) in [6.07, 6.45) is 1.07. The highest BCUT2D eigenvalue weighted by Gasteiger charge is 2.28. The molecule has 34 heavy (non-hydrogen) atoms. The van der Waals surface area contributed by atoms with Gasteiger partial charge in [0.2, 0.25) is 5.88 Å². The van der Waals surface area contributed by atoms with E-state index in [0.29, 0.717) is 42.2 Å². The number of rotatable bonds is 6. The molecule has 0 unspecified atom stereocenters. The minimum atomic E-state index is -0.688. The Labute approximate surface area is 205 Å². The van der Waals surface area contributed by atoms with Crippen LogP contribution in [0.1, 0.15) is 20.8 Å². The summed E-state index contributed by atoms with van der Waals surface area (Å²) in [6, 6.07) is 7.37. The molecule has 11 heteroatoms. The highest BCUT2D eigenvalue weighted by atomic mass is 79.9. The molecule has 0 radical (unpaired) electrons. The van der Waals surface area contributed by atoms with Gasteiger partial charge in [-0.1, -0.05) is 6.07 Å². The summed E-state index contributed by atoms with van der Waals surface area (Å²) in [4.78, 5) is 21.5. The second-order valence-electron chi connectivity index (χ2n) is 8.83. The predicted octanol–water partition coefficient (Wildman–Crippen LogP) is 4.50. The molecule has 0 atom stereocenters. The van der Waals surface area contributed by atoms with Crippen molar-refractivity contribution in [2.45, 2.75) is 26.4 Å². The van der Waals surface area contributed by atoms with Crippen molar-refractivity contribution in [2.75, 3.05) is 44.3 Å². The van der Waals surface area contributed by atoms with Crippen molar-refractivity contribution in [1.82, 2.24) is 19.5 Å². The largest absolute Gasteiger partial charge is 0.443 e. The number of carbonyl (C=O) groups is 1. The van der Waals surface area contributed by atoms with Crippen LogP contribution in [0.4, 0.5) is 15.0 Å². The number of halogens is 2. The van der Waals surface area contributed by atoms with Gasteiger partial charge in [0.25, 0.3) is 0 Å². The van der Waals surface area contributed by atoms with E-state index in [1.165, 1.54) is 17.0 Å². The van der Waals surface area contributed by atoms with E-state index >= 15 is 0 Å². The fraction of sp³-hybridized carbons (Fsp3) is 0.435. The third-order valence-electron chi connectivity index (χ3n) is 5.04. The van der Waals surface area contributed by atoms with Crippen LogP contribution in [-0.4, -0.2) is 70.6 Å². The first-order chi connectivity index (χ1) is 16.2. The van der Waals surface area contributed by atoms with E-state index in [-0.39, 0.29) is 11.6 Å². The second-order valence-corrected chi connectivity index (χ2v) is 9.68. The van der Waals surface area contributed by atoms with Crippen LogP contribution in [0.2, 0.25) is 0 Å². The quantitative estimate of drug-likeness (QED) is 0.459. The maximum Gasteiger partial charge on any atom is 0.416 e. The van der Waals surface area contributed by atoms with Gasteiger partial charge in [-0.25, -0.2) is 9.18 Å². The van der Waals surface area contributed by atoms with Gasteiger partial charge in [-0.2, -0.15) is 14.6 Å². The van der Waals surface area contributed by atoms with Crippen LogP contribution in [0, 0.1) is 5.82 Å². The molecule has 0 aliphatic carbocycles. The molecule has 182 valence electrons. The zero-order valence-corrected chi connectivity index (χ0v) is 20.9. The Balaban J connectivity index is 1.71. The average Bonchev–Trinajstić information content (AvgIpc) is 3.14. The lowest BCUT2D eigenvalue weighted by atomic mass is 10.2. The summed E-state index contributed by atoms with van der Waals surface area (Å²) in [6.45, 7) is 9.31. The summed E-state index contributed by atoms with van der Waals surface area (Å²) in [5.41, 5.74) is -0.240. The summed E-state index contributed by atoms with van der Waals surface area (Å²) < 4.78 is 32.8. The van der Waals surface area contributed by atoms with Gasteiger partial charge in [-0.05, 0) is 48.8 Å². The van der Waals surface area contributed by atoms with Gasteiger partial charge in [0.05, 0.1) is 23.9 Å². The number of amides is 1. The zero-order chi connectivity index (χ0) is 24.3. The maximum atomic E-state index is 13.7. The van der Waals surface area contributed by atoms with Crippen molar-refractivity contribution >= 4 is 33.5 Å². The molecule has 1 aliphatic heterocycles. The zero-order valence-electron chi connectivity index (χ0n) is 19.3. The lowest BCUT2D eigenvalue weighted by Gasteiger charge is -2.31. The Bertz CT molecular complexity index is 1160. The Morgan fingerprint density at radius 2 is 2.03 bits per heavy atom. The van der Waals surface area contributed by atoms with Gasteiger partial charge in [0.15, 0.2) is 5.65 Å². The van der Waals surface area contributed by atoms with E-state index in [1.54, 1.807) is 28.9 Å². The molecule has 1 fully saturated rings. The van der Waals surface area contributed by atoms with Crippen LogP contribution in [0.3, 0.4) is 0 Å². The van der Waals surface area contributed by atoms with E-state index in [1.807, 2.05) is 20.8 Å². The number of nitrogens with zero attached hydrogens (tertiary/aromatic N) is 5. The molecule has 0 N–H and O–H groups in total. The Hall–Kier alpha value is -2.76. The van der Waals surface area contributed by atoms with E-state index < -0.39 is 17.5 Å². The maximum absolute atomic E-state index is 13.7. The Morgan fingerprint density at radius 1 is 1.26 bits per heavy atom. The molecular weight excluding hydrogens is 509 g/mol. The highest BCUT2D eigenvalue weighted by Crippen LogP contribution is 2.30. The molecule has 3 aromatic rings. The van der Waals surface area contributed by atoms with Crippen molar-refractivity contribution in [3.05, 3.63) is 46.8 Å². The fourth-order valence-electron chi connectivity index (χ4n) is 3.48. The van der Waals surface area contributed by atoms with Crippen molar-refractivity contribution in [3.63, 3.8) is 0 Å². The number of aromatic nitrogens is 3. The van der Waals surface area contributed by atoms with Crippen molar-refractivity contribution in [3.8, 4) is 11.6 Å². The number of anilines is 1. The topological polar surface area (TPSA) is 81.4 Å². The van der Waals surface area contributed by atoms with Crippen LogP contribution in [0.5, 0.6) is 11.6 Å². The minimum Gasteiger partial charge on any atom is -0.443 e. The normalized spacial score (nSPS) is 14.9. The number of hydrogen-bond acceptors (Lipinski definition) is 7. The van der Waals surface area contributed by atoms with Gasteiger partial charge in [-0.15, -0.1) is 0 Å². The first-order valence-corrected chi connectivity index (χ1v) is 11.8. The van der Waals surface area contributed by atoms with E-state index in [9.17, 15) is 9.18 Å². The summed E-state index contributed by atoms with van der Waals surface area (Å²) in [7, 11) is 0. The molecule has 1 aromatic carbocycles. The van der Waals surface area contributed by atoms with Crippen LogP contribution < -0.4 is 9.64 Å². The van der Waals surface area contributed by atoms with Crippen LogP contribution in [-0.2, 0) is 9.47 Å². The van der Waals surface area contributed by atoms with Gasteiger partial charge in [0.1, 0.15) is 23.0 Å². The van der Waals surface area contributed by atoms with Crippen LogP contribution >= 0.6 is 15.9 Å². The summed E-state index contributed by atoms with van der Waals surface area (Å²) in [5.74, 6) is 0.472. The molecule has 3 heterocycles. The molecule has 4 rings (SSSR count). The van der Waals surface area contributed by atoms with Crippen LogP contribution in [0.15, 0.2) is 41.0 Å². The number of carbonyl (C=O) groups excluding carboxylic acids is 1. The number of benzene rings is 1. The van der Waals surface area contributed by atoms with Crippen molar-refractivity contribution in [1.29, 1.82) is 0 Å². The smallest absolute Gasteiger partial charge is 0.416 e. The first-order valence-electron chi connectivity index (χ1n) is 11.0. The first kappa shape index (κ1) is 24.4. The second kappa shape index (κ2) is 10.2. The van der Waals surface area contributed by atoms with E-state index in [2.05, 4.69) is 30.9 Å². The number of fused-ring (bicyclic) bond motifs is 1. The molecule has 1 amide bonds. The minimum absolute atomic E-state index is 0.189. The summed E-state index contributed by atoms with van der Waals surface area (Å²) >= 11 is 3.45. The molecule has 0 saturated carbocycles. The number of hydrogen-bond donors (Lipinski definition) is 0. The SMILES string of the molecule is CC(C)(C)OC(=O)N(CCN1CCOCC1)c1cc(Oc2cccc(F)c2)nc2c(Br)cnn12. The Kier molecular flexibility index (Phi) is 7.34. The predicted molar refractivity (Wildman–Crippen MR) is 128 cm³/mol. The molecule has 1 aliphatic rings. The van der Waals surface area contributed by atoms with Gasteiger partial charge in [-0.3, -0.25) is 9.80 Å². The lowest BCUT2D eigenvalue weighted by molar-refractivity contribution is 0.0374. The summed E-state index contributed by atoms with van der Waals surface area (Å²) in [5, 5.41) is 4.38.